The van der Waals surface area contributed by atoms with E-state index in [1.807, 2.05) is 24.3 Å². The summed E-state index contributed by atoms with van der Waals surface area (Å²) in [5, 5.41) is 0. The van der Waals surface area contributed by atoms with Crippen LogP contribution in [0.25, 0.3) is 0 Å². The van der Waals surface area contributed by atoms with Gasteiger partial charge >= 0.3 is 0 Å². The molecule has 1 aromatic rings. The molecular weight excluding hydrogens is 248 g/mol. The average molecular weight is 274 g/mol. The fraction of sp³-hybridized carbons (Fsp3) is 0.444. The van der Waals surface area contributed by atoms with Gasteiger partial charge < -0.3 is 9.47 Å². The van der Waals surface area contributed by atoms with E-state index in [0.29, 0.717) is 13.2 Å². The molecule has 1 aromatic carbocycles. The normalized spacial score (nSPS) is 11.3. The molecule has 0 bridgehead atoms. The number of hydrogen-bond acceptors (Lipinski definition) is 2. The number of hydrogen-bond donors (Lipinski definition) is 0. The summed E-state index contributed by atoms with van der Waals surface area (Å²) >= 11 is 0. The van der Waals surface area contributed by atoms with E-state index in [1.54, 1.807) is 0 Å². The van der Waals surface area contributed by atoms with Crippen LogP contribution in [0.2, 0.25) is 0 Å². The number of ether oxygens (including phenoxy) is 2. The molecule has 0 amide bonds. The molecule has 0 spiro atoms. The maximum absolute atomic E-state index is 5.65. The van der Waals surface area contributed by atoms with Crippen LogP contribution in [0.15, 0.2) is 48.6 Å². The Bertz CT molecular complexity index is 372. The monoisotopic (exact) mass is 274 g/mol. The maximum Gasteiger partial charge on any atom is 0.123 e. The van der Waals surface area contributed by atoms with Gasteiger partial charge in [-0.25, -0.2) is 0 Å². The fourth-order valence-electron chi connectivity index (χ4n) is 1.65. The Morgan fingerprint density at radius 2 is 1.30 bits per heavy atom. The number of allylic oxidation sites excluding steroid dienone is 2. The van der Waals surface area contributed by atoms with E-state index in [-0.39, 0.29) is 0 Å². The highest BCUT2D eigenvalue weighted by molar-refractivity contribution is 5.33. The summed E-state index contributed by atoms with van der Waals surface area (Å²) < 4.78 is 11.3. The summed E-state index contributed by atoms with van der Waals surface area (Å²) in [6, 6.07) is 7.79. The summed E-state index contributed by atoms with van der Waals surface area (Å²) in [4.78, 5) is 0. The first-order valence-electron chi connectivity index (χ1n) is 7.52. The second-order valence-electron chi connectivity index (χ2n) is 4.62. The molecule has 0 aliphatic heterocycles. The van der Waals surface area contributed by atoms with Crippen molar-refractivity contribution in [1.82, 2.24) is 0 Å². The van der Waals surface area contributed by atoms with Gasteiger partial charge in [-0.05, 0) is 25.0 Å². The van der Waals surface area contributed by atoms with Crippen LogP contribution in [0.4, 0.5) is 0 Å². The standard InChI is InChI=1S/C18H26O2/c1-3-5-7-9-14-19-17-12-11-13-18(16-17)20-15-10-8-6-4-2/h7-13,16H,3-6,14-15H2,1-2H3. The molecule has 20 heavy (non-hydrogen) atoms. The van der Waals surface area contributed by atoms with E-state index >= 15 is 0 Å². The van der Waals surface area contributed by atoms with Crippen LogP contribution in [-0.2, 0) is 0 Å². The van der Waals surface area contributed by atoms with Crippen molar-refractivity contribution in [2.75, 3.05) is 13.2 Å². The lowest BCUT2D eigenvalue weighted by Gasteiger charge is -2.07. The third-order valence-corrected chi connectivity index (χ3v) is 2.74. The van der Waals surface area contributed by atoms with Crippen molar-refractivity contribution >= 4 is 0 Å². The number of rotatable bonds is 10. The Hall–Kier alpha value is -1.70. The topological polar surface area (TPSA) is 18.5 Å². The Balaban J connectivity index is 2.33. The molecule has 0 N–H and O–H groups in total. The molecule has 0 saturated carbocycles. The van der Waals surface area contributed by atoms with Crippen LogP contribution in [0.1, 0.15) is 39.5 Å². The molecule has 0 heterocycles. The van der Waals surface area contributed by atoms with Crippen LogP contribution in [-0.4, -0.2) is 13.2 Å². The molecule has 0 aliphatic rings. The van der Waals surface area contributed by atoms with Crippen LogP contribution >= 0.6 is 0 Å². The minimum Gasteiger partial charge on any atom is -0.489 e. The minimum absolute atomic E-state index is 0.611. The van der Waals surface area contributed by atoms with Gasteiger partial charge in [-0.3, -0.25) is 0 Å². The SMILES string of the molecule is CCCC=CCOc1cccc(OCC=CCCC)c1. The van der Waals surface area contributed by atoms with Crippen molar-refractivity contribution < 1.29 is 9.47 Å². The zero-order chi connectivity index (χ0) is 14.5. The first kappa shape index (κ1) is 16.4. The molecule has 0 fully saturated rings. The summed E-state index contributed by atoms with van der Waals surface area (Å²) in [7, 11) is 0. The summed E-state index contributed by atoms with van der Waals surface area (Å²) in [6.45, 7) is 5.56. The molecule has 0 atom stereocenters. The second-order valence-corrected chi connectivity index (χ2v) is 4.62. The fourth-order valence-corrected chi connectivity index (χ4v) is 1.65. The van der Waals surface area contributed by atoms with Gasteiger partial charge in [-0.1, -0.05) is 57.1 Å². The molecule has 0 saturated heterocycles. The van der Waals surface area contributed by atoms with E-state index in [9.17, 15) is 0 Å². The Labute approximate surface area is 123 Å². The molecule has 2 heteroatoms. The van der Waals surface area contributed by atoms with Crippen molar-refractivity contribution in [3.63, 3.8) is 0 Å². The first-order chi connectivity index (χ1) is 9.86. The van der Waals surface area contributed by atoms with E-state index in [4.69, 9.17) is 9.47 Å². The molecule has 0 aliphatic carbocycles. The van der Waals surface area contributed by atoms with Gasteiger partial charge in [0.05, 0.1) is 0 Å². The van der Waals surface area contributed by atoms with E-state index in [0.717, 1.165) is 24.3 Å². The third kappa shape index (κ3) is 7.67. The van der Waals surface area contributed by atoms with Crippen molar-refractivity contribution in [3.05, 3.63) is 48.6 Å². The van der Waals surface area contributed by atoms with E-state index in [2.05, 4.69) is 38.2 Å². The van der Waals surface area contributed by atoms with E-state index in [1.165, 1.54) is 12.8 Å². The van der Waals surface area contributed by atoms with Crippen molar-refractivity contribution in [3.8, 4) is 11.5 Å². The smallest absolute Gasteiger partial charge is 0.123 e. The molecule has 0 aromatic heterocycles. The van der Waals surface area contributed by atoms with Gasteiger partial charge in [0.15, 0.2) is 0 Å². The minimum atomic E-state index is 0.611. The largest absolute Gasteiger partial charge is 0.489 e. The highest BCUT2D eigenvalue weighted by atomic mass is 16.5. The van der Waals surface area contributed by atoms with Crippen molar-refractivity contribution in [1.29, 1.82) is 0 Å². The lowest BCUT2D eigenvalue weighted by Crippen LogP contribution is -1.96. The molecule has 2 nitrogen and oxygen atoms in total. The molecule has 0 radical (unpaired) electrons. The molecular formula is C18H26O2. The van der Waals surface area contributed by atoms with E-state index < -0.39 is 0 Å². The maximum atomic E-state index is 5.65. The van der Waals surface area contributed by atoms with Gasteiger partial charge in [0.2, 0.25) is 0 Å². The molecule has 110 valence electrons. The lowest BCUT2D eigenvalue weighted by molar-refractivity contribution is 0.344. The van der Waals surface area contributed by atoms with Crippen molar-refractivity contribution in [2.24, 2.45) is 0 Å². The Kier molecular flexibility index (Phi) is 9.12. The number of benzene rings is 1. The predicted octanol–water partition coefficient (Wildman–Crippen LogP) is 5.16. The molecule has 1 rings (SSSR count). The van der Waals surface area contributed by atoms with Crippen molar-refractivity contribution in [2.45, 2.75) is 39.5 Å². The summed E-state index contributed by atoms with van der Waals surface area (Å²) in [5.74, 6) is 1.70. The van der Waals surface area contributed by atoms with Crippen LogP contribution in [0.5, 0.6) is 11.5 Å². The van der Waals surface area contributed by atoms with Crippen LogP contribution in [0, 0.1) is 0 Å². The van der Waals surface area contributed by atoms with Gasteiger partial charge in [-0.2, -0.15) is 0 Å². The van der Waals surface area contributed by atoms with Gasteiger partial charge in [0.1, 0.15) is 24.7 Å². The van der Waals surface area contributed by atoms with Gasteiger partial charge in [0.25, 0.3) is 0 Å². The van der Waals surface area contributed by atoms with Crippen LogP contribution < -0.4 is 9.47 Å². The predicted molar refractivity (Wildman–Crippen MR) is 85.5 cm³/mol. The Morgan fingerprint density at radius 1 is 0.800 bits per heavy atom. The van der Waals surface area contributed by atoms with Crippen LogP contribution in [0.3, 0.4) is 0 Å². The zero-order valence-corrected chi connectivity index (χ0v) is 12.7. The summed E-state index contributed by atoms with van der Waals surface area (Å²) in [5.41, 5.74) is 0. The molecule has 0 unspecified atom stereocenters. The summed E-state index contributed by atoms with van der Waals surface area (Å²) in [6.07, 6.45) is 13.0. The van der Waals surface area contributed by atoms with Gasteiger partial charge in [-0.15, -0.1) is 0 Å². The highest BCUT2D eigenvalue weighted by Gasteiger charge is 1.96. The lowest BCUT2D eigenvalue weighted by atomic mass is 10.3. The first-order valence-corrected chi connectivity index (χ1v) is 7.52. The zero-order valence-electron chi connectivity index (χ0n) is 12.7. The van der Waals surface area contributed by atoms with Gasteiger partial charge in [0, 0.05) is 6.07 Å². The number of unbranched alkanes of at least 4 members (excludes halogenated alkanes) is 2. The quantitative estimate of drug-likeness (QED) is 0.549. The third-order valence-electron chi connectivity index (χ3n) is 2.74. The highest BCUT2D eigenvalue weighted by Crippen LogP contribution is 2.19. The Morgan fingerprint density at radius 3 is 1.75 bits per heavy atom. The second kappa shape index (κ2) is 11.2. The average Bonchev–Trinajstić information content (AvgIpc) is 2.47.